The molecule has 0 saturated carbocycles. The van der Waals surface area contributed by atoms with Crippen molar-refractivity contribution < 1.29 is 9.47 Å². The third-order valence-corrected chi connectivity index (χ3v) is 2.60. The second-order valence-electron chi connectivity index (χ2n) is 3.66. The molecular formula is C11H16N2O2. The molecule has 1 aromatic rings. The van der Waals surface area contributed by atoms with Crippen molar-refractivity contribution in [3.8, 4) is 0 Å². The molecule has 0 atom stereocenters. The molecule has 1 aromatic heterocycles. The van der Waals surface area contributed by atoms with Crippen molar-refractivity contribution in [1.29, 1.82) is 0 Å². The van der Waals surface area contributed by atoms with Gasteiger partial charge in [0.2, 0.25) is 0 Å². The van der Waals surface area contributed by atoms with Crippen molar-refractivity contribution in [2.75, 3.05) is 18.9 Å². The summed E-state index contributed by atoms with van der Waals surface area (Å²) in [5, 5.41) is 0. The Morgan fingerprint density at radius 2 is 2.20 bits per heavy atom. The summed E-state index contributed by atoms with van der Waals surface area (Å²) in [6.07, 6.45) is 5.16. The molecule has 0 aromatic carbocycles. The van der Waals surface area contributed by atoms with E-state index in [-0.39, 0.29) is 0 Å². The van der Waals surface area contributed by atoms with Gasteiger partial charge in [0.1, 0.15) is 0 Å². The molecule has 1 aliphatic heterocycles. The van der Waals surface area contributed by atoms with Crippen molar-refractivity contribution >= 4 is 5.69 Å². The van der Waals surface area contributed by atoms with E-state index in [2.05, 4.69) is 11.9 Å². The Labute approximate surface area is 89.4 Å². The van der Waals surface area contributed by atoms with Gasteiger partial charge in [-0.15, -0.1) is 0 Å². The van der Waals surface area contributed by atoms with Gasteiger partial charge in [-0.1, -0.05) is 13.3 Å². The number of pyridine rings is 1. The average Bonchev–Trinajstić information content (AvgIpc) is 2.69. The molecule has 0 spiro atoms. The molecule has 1 aliphatic rings. The fourth-order valence-electron chi connectivity index (χ4n) is 1.97. The van der Waals surface area contributed by atoms with Crippen LogP contribution in [0.3, 0.4) is 0 Å². The quantitative estimate of drug-likeness (QED) is 0.820. The van der Waals surface area contributed by atoms with Crippen LogP contribution in [-0.2, 0) is 15.3 Å². The van der Waals surface area contributed by atoms with Gasteiger partial charge in [0.15, 0.2) is 5.79 Å². The predicted octanol–water partition coefficient (Wildman–Crippen LogP) is 1.66. The van der Waals surface area contributed by atoms with Gasteiger partial charge in [0.05, 0.1) is 25.1 Å². The molecule has 82 valence electrons. The molecule has 0 radical (unpaired) electrons. The molecule has 1 saturated heterocycles. The highest BCUT2D eigenvalue weighted by atomic mass is 16.7. The van der Waals surface area contributed by atoms with Gasteiger partial charge in [-0.3, -0.25) is 4.98 Å². The molecule has 2 heterocycles. The van der Waals surface area contributed by atoms with Crippen LogP contribution in [0.1, 0.15) is 25.3 Å². The van der Waals surface area contributed by atoms with Crippen LogP contribution in [0.4, 0.5) is 5.69 Å². The van der Waals surface area contributed by atoms with Gasteiger partial charge in [-0.25, -0.2) is 0 Å². The Hall–Kier alpha value is -1.13. The van der Waals surface area contributed by atoms with E-state index >= 15 is 0 Å². The number of anilines is 1. The summed E-state index contributed by atoms with van der Waals surface area (Å²) in [7, 11) is 0. The molecule has 1 fully saturated rings. The van der Waals surface area contributed by atoms with Gasteiger partial charge < -0.3 is 15.2 Å². The highest BCUT2D eigenvalue weighted by molar-refractivity contribution is 5.46. The van der Waals surface area contributed by atoms with Crippen molar-refractivity contribution in [2.24, 2.45) is 0 Å². The summed E-state index contributed by atoms with van der Waals surface area (Å²) in [6, 6.07) is 1.87. The first kappa shape index (κ1) is 10.4. The van der Waals surface area contributed by atoms with Crippen LogP contribution in [-0.4, -0.2) is 18.2 Å². The molecule has 0 unspecified atom stereocenters. The van der Waals surface area contributed by atoms with Crippen molar-refractivity contribution in [3.63, 3.8) is 0 Å². The summed E-state index contributed by atoms with van der Waals surface area (Å²) < 4.78 is 11.4. The van der Waals surface area contributed by atoms with E-state index in [1.807, 2.05) is 6.07 Å². The maximum atomic E-state index is 5.89. The molecule has 2 N–H and O–H groups in total. The summed E-state index contributed by atoms with van der Waals surface area (Å²) >= 11 is 0. The first-order valence-corrected chi connectivity index (χ1v) is 5.26. The van der Waals surface area contributed by atoms with Gasteiger partial charge >= 0.3 is 0 Å². The highest BCUT2D eigenvalue weighted by Gasteiger charge is 2.39. The van der Waals surface area contributed by atoms with Gasteiger partial charge in [0.25, 0.3) is 0 Å². The Bertz CT molecular complexity index is 335. The fraction of sp³-hybridized carbons (Fsp3) is 0.545. The zero-order valence-corrected chi connectivity index (χ0v) is 8.90. The highest BCUT2D eigenvalue weighted by Crippen LogP contribution is 2.38. The van der Waals surface area contributed by atoms with Crippen LogP contribution in [0.15, 0.2) is 18.5 Å². The number of nitrogens with zero attached hydrogens (tertiary/aromatic N) is 1. The molecule has 2 rings (SSSR count). The van der Waals surface area contributed by atoms with Gasteiger partial charge in [0, 0.05) is 18.2 Å². The van der Waals surface area contributed by atoms with Crippen molar-refractivity contribution in [3.05, 3.63) is 24.0 Å². The van der Waals surface area contributed by atoms with E-state index < -0.39 is 5.79 Å². The number of nitrogen functional groups attached to an aromatic ring is 1. The second-order valence-corrected chi connectivity index (χ2v) is 3.66. The average molecular weight is 208 g/mol. The lowest BCUT2D eigenvalue weighted by molar-refractivity contribution is -0.170. The Balaban J connectivity index is 2.36. The van der Waals surface area contributed by atoms with Crippen molar-refractivity contribution in [2.45, 2.75) is 25.6 Å². The van der Waals surface area contributed by atoms with Crippen LogP contribution in [0.5, 0.6) is 0 Å². The third-order valence-electron chi connectivity index (χ3n) is 2.60. The minimum Gasteiger partial charge on any atom is -0.397 e. The number of nitrogens with two attached hydrogens (primary N) is 1. The Morgan fingerprint density at radius 3 is 2.80 bits per heavy atom. The van der Waals surface area contributed by atoms with E-state index in [1.54, 1.807) is 12.4 Å². The summed E-state index contributed by atoms with van der Waals surface area (Å²) in [5.74, 6) is -0.637. The van der Waals surface area contributed by atoms with E-state index in [0.29, 0.717) is 18.9 Å². The van der Waals surface area contributed by atoms with E-state index in [1.165, 1.54) is 0 Å². The summed E-state index contributed by atoms with van der Waals surface area (Å²) in [4.78, 5) is 3.97. The Kier molecular flexibility index (Phi) is 2.88. The smallest absolute Gasteiger partial charge is 0.197 e. The SMILES string of the molecule is CCCC1(c2ccncc2N)OCCO1. The van der Waals surface area contributed by atoms with Gasteiger partial charge in [-0.05, 0) is 6.07 Å². The lowest BCUT2D eigenvalue weighted by Crippen LogP contribution is -2.28. The first-order valence-electron chi connectivity index (χ1n) is 5.26. The van der Waals surface area contributed by atoms with Gasteiger partial charge in [-0.2, -0.15) is 0 Å². The van der Waals surface area contributed by atoms with Crippen LogP contribution < -0.4 is 5.73 Å². The molecule has 4 heteroatoms. The van der Waals surface area contributed by atoms with Crippen LogP contribution in [0.25, 0.3) is 0 Å². The molecule has 15 heavy (non-hydrogen) atoms. The Morgan fingerprint density at radius 1 is 1.47 bits per heavy atom. The third kappa shape index (κ3) is 1.82. The zero-order valence-electron chi connectivity index (χ0n) is 8.90. The molecule has 0 bridgehead atoms. The molecule has 4 nitrogen and oxygen atoms in total. The maximum Gasteiger partial charge on any atom is 0.197 e. The predicted molar refractivity (Wildman–Crippen MR) is 57.1 cm³/mol. The molecular weight excluding hydrogens is 192 g/mol. The van der Waals surface area contributed by atoms with Crippen LogP contribution in [0.2, 0.25) is 0 Å². The largest absolute Gasteiger partial charge is 0.397 e. The minimum atomic E-state index is -0.637. The van der Waals surface area contributed by atoms with Crippen molar-refractivity contribution in [1.82, 2.24) is 4.98 Å². The molecule has 0 amide bonds. The van der Waals surface area contributed by atoms with Crippen LogP contribution in [0, 0.1) is 0 Å². The monoisotopic (exact) mass is 208 g/mol. The summed E-state index contributed by atoms with van der Waals surface area (Å²) in [5.41, 5.74) is 7.43. The minimum absolute atomic E-state index is 0.627. The lowest BCUT2D eigenvalue weighted by Gasteiger charge is -2.28. The van der Waals surface area contributed by atoms with Crippen LogP contribution >= 0.6 is 0 Å². The maximum absolute atomic E-state index is 5.89. The fourth-order valence-corrected chi connectivity index (χ4v) is 1.97. The molecule has 0 aliphatic carbocycles. The number of ether oxygens (including phenoxy) is 2. The second kappa shape index (κ2) is 4.16. The van der Waals surface area contributed by atoms with E-state index in [4.69, 9.17) is 15.2 Å². The number of aromatic nitrogens is 1. The lowest BCUT2D eigenvalue weighted by atomic mass is 10.0. The summed E-state index contributed by atoms with van der Waals surface area (Å²) in [6.45, 7) is 3.35. The van der Waals surface area contributed by atoms with E-state index in [0.717, 1.165) is 18.4 Å². The normalized spacial score (nSPS) is 19.3. The topological polar surface area (TPSA) is 57.4 Å². The number of hydrogen-bond acceptors (Lipinski definition) is 4. The van der Waals surface area contributed by atoms with E-state index in [9.17, 15) is 0 Å². The number of rotatable bonds is 3. The first-order chi connectivity index (χ1) is 7.28. The number of hydrogen-bond donors (Lipinski definition) is 1. The standard InChI is InChI=1S/C11H16N2O2/c1-2-4-11(14-6-7-15-11)9-3-5-13-8-10(9)12/h3,5,8H,2,4,6-7,12H2,1H3. The zero-order chi connectivity index (χ0) is 10.7.